The standard InChI is InChI=1S/C6H3F4IN2O/c7-2-1-13-5(12)4(3(2)11)14-6(8,9)10/h1H,(H2,12,13). The van der Waals surface area contributed by atoms with Crippen LogP contribution in [0, 0.1) is 9.39 Å². The Labute approximate surface area is 89.4 Å². The van der Waals surface area contributed by atoms with Crippen LogP contribution in [0.2, 0.25) is 0 Å². The van der Waals surface area contributed by atoms with E-state index in [9.17, 15) is 17.6 Å². The molecule has 0 aliphatic heterocycles. The normalized spacial score (nSPS) is 11.5. The molecule has 3 nitrogen and oxygen atoms in total. The highest BCUT2D eigenvalue weighted by atomic mass is 127. The van der Waals surface area contributed by atoms with Gasteiger partial charge < -0.3 is 10.5 Å². The number of ether oxygens (including phenoxy) is 1. The van der Waals surface area contributed by atoms with E-state index >= 15 is 0 Å². The molecule has 1 heterocycles. The van der Waals surface area contributed by atoms with E-state index in [-0.39, 0.29) is 3.57 Å². The lowest BCUT2D eigenvalue weighted by molar-refractivity contribution is -0.274. The Morgan fingerprint density at radius 2 is 2.00 bits per heavy atom. The lowest BCUT2D eigenvalue weighted by atomic mass is 10.4. The Bertz CT molecular complexity index is 354. The summed E-state index contributed by atoms with van der Waals surface area (Å²) in [5.41, 5.74) is 5.09. The smallest absolute Gasteiger partial charge is 0.401 e. The Kier molecular flexibility index (Phi) is 3.02. The van der Waals surface area contributed by atoms with Crippen molar-refractivity contribution in [3.63, 3.8) is 0 Å². The summed E-state index contributed by atoms with van der Waals surface area (Å²) in [7, 11) is 0. The molecule has 1 rings (SSSR count). The van der Waals surface area contributed by atoms with Crippen LogP contribution >= 0.6 is 22.6 Å². The maximum absolute atomic E-state index is 12.8. The topological polar surface area (TPSA) is 48.1 Å². The molecular formula is C6H3F4IN2O. The third-order valence-electron chi connectivity index (χ3n) is 1.18. The molecule has 0 aliphatic rings. The molecule has 2 N–H and O–H groups in total. The van der Waals surface area contributed by atoms with E-state index in [1.807, 2.05) is 0 Å². The van der Waals surface area contributed by atoms with Gasteiger partial charge in [-0.05, 0) is 22.6 Å². The van der Waals surface area contributed by atoms with Gasteiger partial charge in [0, 0.05) is 0 Å². The van der Waals surface area contributed by atoms with Crippen molar-refractivity contribution in [2.75, 3.05) is 5.73 Å². The van der Waals surface area contributed by atoms with Crippen molar-refractivity contribution in [3.8, 4) is 5.75 Å². The largest absolute Gasteiger partial charge is 0.573 e. The molecule has 14 heavy (non-hydrogen) atoms. The minimum atomic E-state index is -4.91. The van der Waals surface area contributed by atoms with Gasteiger partial charge in [-0.3, -0.25) is 0 Å². The fourth-order valence-electron chi connectivity index (χ4n) is 0.675. The molecule has 0 unspecified atom stereocenters. The molecule has 8 heteroatoms. The molecular weight excluding hydrogens is 319 g/mol. The van der Waals surface area contributed by atoms with E-state index in [4.69, 9.17) is 5.73 Å². The molecule has 78 valence electrons. The summed E-state index contributed by atoms with van der Waals surface area (Å²) in [5.74, 6) is -2.23. The number of halogens is 5. The fraction of sp³-hybridized carbons (Fsp3) is 0.167. The number of rotatable bonds is 1. The number of nitrogen functional groups attached to an aromatic ring is 1. The Balaban J connectivity index is 3.13. The number of nitrogens with zero attached hydrogens (tertiary/aromatic N) is 1. The van der Waals surface area contributed by atoms with Gasteiger partial charge in [-0.2, -0.15) is 0 Å². The average Bonchev–Trinajstić information content (AvgIpc) is 2.04. The predicted octanol–water partition coefficient (Wildman–Crippen LogP) is 2.31. The lowest BCUT2D eigenvalue weighted by Gasteiger charge is -2.11. The SMILES string of the molecule is Nc1ncc(F)c(I)c1OC(F)(F)F. The summed E-state index contributed by atoms with van der Waals surface area (Å²) >= 11 is 1.35. The molecule has 0 aromatic carbocycles. The minimum absolute atomic E-state index is 0.354. The number of pyridine rings is 1. The number of alkyl halides is 3. The first kappa shape index (κ1) is 11.3. The van der Waals surface area contributed by atoms with E-state index in [0.29, 0.717) is 0 Å². The quantitative estimate of drug-likeness (QED) is 0.638. The van der Waals surface area contributed by atoms with Gasteiger partial charge in [0.2, 0.25) is 0 Å². The van der Waals surface area contributed by atoms with Gasteiger partial charge in [0.1, 0.15) is 0 Å². The molecule has 0 radical (unpaired) electrons. The first-order valence-electron chi connectivity index (χ1n) is 3.16. The zero-order valence-electron chi connectivity index (χ0n) is 6.40. The molecule has 0 spiro atoms. The minimum Gasteiger partial charge on any atom is -0.401 e. The van der Waals surface area contributed by atoms with Crippen molar-refractivity contribution in [3.05, 3.63) is 15.6 Å². The summed E-state index contributed by atoms with van der Waals surface area (Å²) in [5, 5.41) is 0. The van der Waals surface area contributed by atoms with Crippen LogP contribution in [0.4, 0.5) is 23.4 Å². The molecule has 0 fully saturated rings. The monoisotopic (exact) mass is 322 g/mol. The summed E-state index contributed by atoms with van der Waals surface area (Å²) < 4.78 is 51.3. The van der Waals surface area contributed by atoms with E-state index in [1.165, 1.54) is 22.6 Å². The van der Waals surface area contributed by atoms with Crippen LogP contribution in [0.5, 0.6) is 5.75 Å². The van der Waals surface area contributed by atoms with Gasteiger partial charge in [-0.15, -0.1) is 13.2 Å². The van der Waals surface area contributed by atoms with E-state index in [1.54, 1.807) is 0 Å². The maximum atomic E-state index is 12.8. The van der Waals surface area contributed by atoms with Crippen molar-refractivity contribution in [1.29, 1.82) is 0 Å². The summed E-state index contributed by atoms with van der Waals surface area (Å²) in [4.78, 5) is 3.20. The van der Waals surface area contributed by atoms with Crippen LogP contribution < -0.4 is 10.5 Å². The second kappa shape index (κ2) is 3.75. The number of nitrogens with two attached hydrogens (primary N) is 1. The first-order valence-corrected chi connectivity index (χ1v) is 4.24. The van der Waals surface area contributed by atoms with Crippen molar-refractivity contribution in [1.82, 2.24) is 4.98 Å². The molecule has 0 atom stereocenters. The molecule has 0 saturated carbocycles. The molecule has 0 amide bonds. The summed E-state index contributed by atoms with van der Waals surface area (Å²) in [6, 6.07) is 0. The maximum Gasteiger partial charge on any atom is 0.573 e. The van der Waals surface area contributed by atoms with Crippen molar-refractivity contribution in [2.45, 2.75) is 6.36 Å². The molecule has 0 saturated heterocycles. The number of hydrogen-bond donors (Lipinski definition) is 1. The van der Waals surface area contributed by atoms with E-state index < -0.39 is 23.7 Å². The molecule has 1 aromatic rings. The van der Waals surface area contributed by atoms with Gasteiger partial charge in [0.05, 0.1) is 9.77 Å². The van der Waals surface area contributed by atoms with Crippen LogP contribution in [0.25, 0.3) is 0 Å². The molecule has 0 bridgehead atoms. The summed E-state index contributed by atoms with van der Waals surface area (Å²) in [6.07, 6.45) is -4.19. The van der Waals surface area contributed by atoms with Crippen LogP contribution in [0.1, 0.15) is 0 Å². The van der Waals surface area contributed by atoms with Crippen molar-refractivity contribution in [2.24, 2.45) is 0 Å². The van der Waals surface area contributed by atoms with Gasteiger partial charge in [-0.1, -0.05) is 0 Å². The molecule has 1 aromatic heterocycles. The zero-order valence-corrected chi connectivity index (χ0v) is 8.56. The number of anilines is 1. The Morgan fingerprint density at radius 3 is 2.50 bits per heavy atom. The van der Waals surface area contributed by atoms with Gasteiger partial charge in [0.25, 0.3) is 0 Å². The van der Waals surface area contributed by atoms with Crippen LogP contribution in [-0.2, 0) is 0 Å². The second-order valence-electron chi connectivity index (χ2n) is 2.18. The lowest BCUT2D eigenvalue weighted by Crippen LogP contribution is -2.19. The van der Waals surface area contributed by atoms with Gasteiger partial charge in [-0.25, -0.2) is 9.37 Å². The molecule has 0 aliphatic carbocycles. The van der Waals surface area contributed by atoms with E-state index in [0.717, 1.165) is 6.20 Å². The van der Waals surface area contributed by atoms with Crippen molar-refractivity contribution >= 4 is 28.4 Å². The number of aromatic nitrogens is 1. The Hall–Kier alpha value is -0.800. The third kappa shape index (κ3) is 2.59. The highest BCUT2D eigenvalue weighted by Crippen LogP contribution is 2.32. The predicted molar refractivity (Wildman–Crippen MR) is 48.0 cm³/mol. The number of hydrogen-bond acceptors (Lipinski definition) is 3. The van der Waals surface area contributed by atoms with E-state index in [2.05, 4.69) is 9.72 Å². The fourth-order valence-corrected chi connectivity index (χ4v) is 1.20. The van der Waals surface area contributed by atoms with Crippen molar-refractivity contribution < 1.29 is 22.3 Å². The second-order valence-corrected chi connectivity index (χ2v) is 3.26. The average molecular weight is 322 g/mol. The van der Waals surface area contributed by atoms with Crippen LogP contribution in [0.3, 0.4) is 0 Å². The summed E-state index contributed by atoms with van der Waals surface area (Å²) in [6.45, 7) is 0. The van der Waals surface area contributed by atoms with Gasteiger partial charge in [0.15, 0.2) is 17.4 Å². The third-order valence-corrected chi connectivity index (χ3v) is 2.18. The highest BCUT2D eigenvalue weighted by Gasteiger charge is 2.33. The zero-order chi connectivity index (χ0) is 10.9. The van der Waals surface area contributed by atoms with Crippen LogP contribution in [-0.4, -0.2) is 11.3 Å². The Morgan fingerprint density at radius 1 is 1.43 bits per heavy atom. The highest BCUT2D eigenvalue weighted by molar-refractivity contribution is 14.1. The van der Waals surface area contributed by atoms with Crippen LogP contribution in [0.15, 0.2) is 6.20 Å². The first-order chi connectivity index (χ1) is 6.31. The van der Waals surface area contributed by atoms with Gasteiger partial charge >= 0.3 is 6.36 Å².